The Hall–Kier alpha value is -1.96. The monoisotopic (exact) mass is 308 g/mol. The molecular formula is C21H28N2. The molecule has 3 rings (SSSR count). The molecule has 0 saturated carbocycles. The smallest absolute Gasteiger partial charge is 0.0988 e. The van der Waals surface area contributed by atoms with Gasteiger partial charge in [-0.3, -0.25) is 0 Å². The Balaban J connectivity index is 1.94. The summed E-state index contributed by atoms with van der Waals surface area (Å²) in [5, 5.41) is 0. The molecular weight excluding hydrogens is 280 g/mol. The number of anilines is 2. The minimum Gasteiger partial charge on any atom is -0.349 e. The van der Waals surface area contributed by atoms with Crippen molar-refractivity contribution in [1.82, 2.24) is 0 Å². The number of rotatable bonds is 2. The summed E-state index contributed by atoms with van der Waals surface area (Å²) in [6.07, 6.45) is 0.386. The van der Waals surface area contributed by atoms with Gasteiger partial charge in [-0.25, -0.2) is 0 Å². The van der Waals surface area contributed by atoms with Crippen molar-refractivity contribution in [2.45, 2.75) is 47.7 Å². The normalized spacial score (nSPS) is 17.9. The van der Waals surface area contributed by atoms with E-state index in [0.717, 1.165) is 13.1 Å². The number of benzene rings is 2. The van der Waals surface area contributed by atoms with Crippen LogP contribution in [-0.2, 0) is 0 Å². The van der Waals surface area contributed by atoms with E-state index in [0.29, 0.717) is 6.17 Å². The maximum atomic E-state index is 2.56. The van der Waals surface area contributed by atoms with Crippen LogP contribution in [0, 0.1) is 34.6 Å². The molecule has 0 aliphatic carbocycles. The van der Waals surface area contributed by atoms with Gasteiger partial charge in [0.15, 0.2) is 0 Å². The lowest BCUT2D eigenvalue weighted by atomic mass is 10.0. The van der Waals surface area contributed by atoms with Crippen molar-refractivity contribution in [3.05, 3.63) is 58.1 Å². The fraction of sp³-hybridized carbons (Fsp3) is 0.429. The van der Waals surface area contributed by atoms with Gasteiger partial charge in [0.2, 0.25) is 0 Å². The molecule has 1 heterocycles. The van der Waals surface area contributed by atoms with Crippen LogP contribution in [0.4, 0.5) is 11.4 Å². The highest BCUT2D eigenvalue weighted by molar-refractivity contribution is 5.65. The highest BCUT2D eigenvalue weighted by Gasteiger charge is 2.30. The molecule has 2 nitrogen and oxygen atoms in total. The van der Waals surface area contributed by atoms with Crippen molar-refractivity contribution in [1.29, 1.82) is 0 Å². The maximum absolute atomic E-state index is 2.56. The minimum absolute atomic E-state index is 0.386. The van der Waals surface area contributed by atoms with Crippen molar-refractivity contribution in [3.63, 3.8) is 0 Å². The summed E-state index contributed by atoms with van der Waals surface area (Å²) in [4.78, 5) is 5.09. The topological polar surface area (TPSA) is 6.48 Å². The van der Waals surface area contributed by atoms with E-state index in [9.17, 15) is 0 Å². The summed E-state index contributed by atoms with van der Waals surface area (Å²) in [5.74, 6) is 0. The summed E-state index contributed by atoms with van der Waals surface area (Å²) in [7, 11) is 0. The average molecular weight is 308 g/mol. The standard InChI is InChI=1S/C21H28N2/c1-14-7-8-20(16(3)11-14)22-9-10-23(19(22)6)21-17(4)12-15(2)13-18(21)5/h7-8,11-13,19H,9-10H2,1-6H3. The maximum Gasteiger partial charge on any atom is 0.0988 e. The third-order valence-electron chi connectivity index (χ3n) is 5.07. The lowest BCUT2D eigenvalue weighted by Crippen LogP contribution is -2.37. The molecule has 2 aromatic rings. The third kappa shape index (κ3) is 2.83. The van der Waals surface area contributed by atoms with E-state index in [1.54, 1.807) is 0 Å². The van der Waals surface area contributed by atoms with Crippen molar-refractivity contribution in [3.8, 4) is 0 Å². The van der Waals surface area contributed by atoms with Crippen LogP contribution in [0.25, 0.3) is 0 Å². The Labute approximate surface area is 140 Å². The first-order valence-electron chi connectivity index (χ1n) is 8.57. The molecule has 2 heteroatoms. The lowest BCUT2D eigenvalue weighted by Gasteiger charge is -2.32. The molecule has 1 aliphatic heterocycles. The van der Waals surface area contributed by atoms with E-state index in [4.69, 9.17) is 0 Å². The highest BCUT2D eigenvalue weighted by Crippen LogP contribution is 2.34. The molecule has 1 unspecified atom stereocenters. The summed E-state index contributed by atoms with van der Waals surface area (Å²) in [6.45, 7) is 15.5. The van der Waals surface area contributed by atoms with Gasteiger partial charge in [0.1, 0.15) is 0 Å². The zero-order chi connectivity index (χ0) is 16.7. The Bertz CT molecular complexity index is 710. The van der Waals surface area contributed by atoms with E-state index in [2.05, 4.69) is 81.7 Å². The van der Waals surface area contributed by atoms with Crippen molar-refractivity contribution in [2.24, 2.45) is 0 Å². The van der Waals surface area contributed by atoms with Gasteiger partial charge in [-0.15, -0.1) is 0 Å². The summed E-state index contributed by atoms with van der Waals surface area (Å²) in [5.41, 5.74) is 9.61. The van der Waals surface area contributed by atoms with E-state index < -0.39 is 0 Å². The molecule has 23 heavy (non-hydrogen) atoms. The third-order valence-corrected chi connectivity index (χ3v) is 5.07. The van der Waals surface area contributed by atoms with Gasteiger partial charge in [-0.05, 0) is 64.3 Å². The predicted octanol–water partition coefficient (Wildman–Crippen LogP) is 4.90. The SMILES string of the molecule is Cc1ccc(N2CCN(c3c(C)cc(C)cc3C)C2C)c(C)c1. The molecule has 0 radical (unpaired) electrons. The second-order valence-corrected chi connectivity index (χ2v) is 7.06. The second-order valence-electron chi connectivity index (χ2n) is 7.06. The molecule has 0 amide bonds. The highest BCUT2D eigenvalue weighted by atomic mass is 15.4. The second kappa shape index (κ2) is 5.92. The van der Waals surface area contributed by atoms with Gasteiger partial charge >= 0.3 is 0 Å². The lowest BCUT2D eigenvalue weighted by molar-refractivity contribution is 0.727. The molecule has 2 aromatic carbocycles. The Kier molecular flexibility index (Phi) is 4.09. The van der Waals surface area contributed by atoms with Gasteiger partial charge in [-0.2, -0.15) is 0 Å². The van der Waals surface area contributed by atoms with Gasteiger partial charge < -0.3 is 9.80 Å². The Morgan fingerprint density at radius 3 is 1.91 bits per heavy atom. The average Bonchev–Trinajstić information content (AvgIpc) is 2.80. The molecule has 1 fully saturated rings. The van der Waals surface area contributed by atoms with Gasteiger partial charge in [-0.1, -0.05) is 35.4 Å². The molecule has 1 aliphatic rings. The van der Waals surface area contributed by atoms with Crippen LogP contribution in [-0.4, -0.2) is 19.3 Å². The quantitative estimate of drug-likeness (QED) is 0.778. The van der Waals surface area contributed by atoms with Crippen molar-refractivity contribution in [2.75, 3.05) is 22.9 Å². The number of hydrogen-bond donors (Lipinski definition) is 0. The van der Waals surface area contributed by atoms with Crippen molar-refractivity contribution >= 4 is 11.4 Å². The van der Waals surface area contributed by atoms with Crippen LogP contribution in [0.5, 0.6) is 0 Å². The minimum atomic E-state index is 0.386. The molecule has 0 spiro atoms. The summed E-state index contributed by atoms with van der Waals surface area (Å²) >= 11 is 0. The molecule has 1 atom stereocenters. The first-order chi connectivity index (χ1) is 10.9. The van der Waals surface area contributed by atoms with Crippen LogP contribution >= 0.6 is 0 Å². The van der Waals surface area contributed by atoms with Crippen molar-refractivity contribution < 1.29 is 0 Å². The molecule has 0 N–H and O–H groups in total. The van der Waals surface area contributed by atoms with Crippen LogP contribution < -0.4 is 9.80 Å². The summed E-state index contributed by atoms with van der Waals surface area (Å²) in [6, 6.07) is 11.4. The first-order valence-corrected chi connectivity index (χ1v) is 8.57. The molecule has 0 aromatic heterocycles. The van der Waals surface area contributed by atoms with Crippen LogP contribution in [0.2, 0.25) is 0 Å². The van der Waals surface area contributed by atoms with Crippen LogP contribution in [0.1, 0.15) is 34.7 Å². The predicted molar refractivity (Wildman–Crippen MR) is 101 cm³/mol. The fourth-order valence-electron chi connectivity index (χ4n) is 4.13. The zero-order valence-corrected chi connectivity index (χ0v) is 15.3. The Morgan fingerprint density at radius 2 is 1.30 bits per heavy atom. The first kappa shape index (κ1) is 15.9. The number of hydrogen-bond acceptors (Lipinski definition) is 2. The molecule has 122 valence electrons. The van der Waals surface area contributed by atoms with Gasteiger partial charge in [0.05, 0.1) is 6.17 Å². The van der Waals surface area contributed by atoms with E-state index in [1.807, 2.05) is 0 Å². The largest absolute Gasteiger partial charge is 0.349 e. The van der Waals surface area contributed by atoms with Crippen LogP contribution in [0.3, 0.4) is 0 Å². The van der Waals surface area contributed by atoms with E-state index in [1.165, 1.54) is 39.2 Å². The summed E-state index contributed by atoms with van der Waals surface area (Å²) < 4.78 is 0. The van der Waals surface area contributed by atoms with Crippen LogP contribution in [0.15, 0.2) is 30.3 Å². The molecule has 0 bridgehead atoms. The Morgan fingerprint density at radius 1 is 0.739 bits per heavy atom. The number of nitrogens with zero attached hydrogens (tertiary/aromatic N) is 2. The van der Waals surface area contributed by atoms with Gasteiger partial charge in [0.25, 0.3) is 0 Å². The van der Waals surface area contributed by atoms with Gasteiger partial charge in [0, 0.05) is 24.5 Å². The fourth-order valence-corrected chi connectivity index (χ4v) is 4.13. The number of aryl methyl sites for hydroxylation is 5. The zero-order valence-electron chi connectivity index (χ0n) is 15.3. The van der Waals surface area contributed by atoms with E-state index in [-0.39, 0.29) is 0 Å². The molecule has 1 saturated heterocycles. The van der Waals surface area contributed by atoms with E-state index >= 15 is 0 Å².